The van der Waals surface area contributed by atoms with Gasteiger partial charge in [-0.1, -0.05) is 13.0 Å². The van der Waals surface area contributed by atoms with Gasteiger partial charge in [0.15, 0.2) is 0 Å². The quantitative estimate of drug-likeness (QED) is 0.880. The average molecular weight is 233 g/mol. The van der Waals surface area contributed by atoms with Crippen LogP contribution in [0.2, 0.25) is 0 Å². The van der Waals surface area contributed by atoms with Gasteiger partial charge in [-0.2, -0.15) is 0 Å². The molecule has 0 saturated heterocycles. The number of nitrogen functional groups attached to an aromatic ring is 1. The lowest BCUT2D eigenvalue weighted by Gasteiger charge is -2.13. The average Bonchev–Trinajstić information content (AvgIpc) is 2.55. The number of fused-ring (bicyclic) bond motifs is 1. The van der Waals surface area contributed by atoms with Gasteiger partial charge in [0.05, 0.1) is 17.6 Å². The Kier molecular flexibility index (Phi) is 3.33. The summed E-state index contributed by atoms with van der Waals surface area (Å²) in [5.74, 6) is 0.995. The molecule has 17 heavy (non-hydrogen) atoms. The van der Waals surface area contributed by atoms with Gasteiger partial charge in [0, 0.05) is 13.7 Å². The van der Waals surface area contributed by atoms with Crippen molar-refractivity contribution in [3.8, 4) is 0 Å². The highest BCUT2D eigenvalue weighted by Crippen LogP contribution is 2.20. The largest absolute Gasteiger partial charge is 0.384 e. The Morgan fingerprint density at radius 1 is 1.47 bits per heavy atom. The fourth-order valence-electron chi connectivity index (χ4n) is 2.10. The molecule has 1 heterocycles. The van der Waals surface area contributed by atoms with Gasteiger partial charge in [-0.15, -0.1) is 0 Å². The lowest BCUT2D eigenvalue weighted by atomic mass is 10.2. The molecule has 1 aromatic heterocycles. The molecular formula is C13H19N3O. The number of rotatable bonds is 4. The van der Waals surface area contributed by atoms with Crippen molar-refractivity contribution in [2.75, 3.05) is 19.5 Å². The molecule has 0 aliphatic carbocycles. The first kappa shape index (κ1) is 11.9. The van der Waals surface area contributed by atoms with E-state index in [1.54, 1.807) is 7.11 Å². The summed E-state index contributed by atoms with van der Waals surface area (Å²) in [7, 11) is 1.72. The number of aryl methyl sites for hydroxylation is 1. The Bertz CT molecular complexity index is 519. The normalized spacial score (nSPS) is 13.1. The van der Waals surface area contributed by atoms with E-state index in [0.29, 0.717) is 11.9 Å². The van der Waals surface area contributed by atoms with Gasteiger partial charge in [-0.05, 0) is 30.5 Å². The van der Waals surface area contributed by atoms with Crippen molar-refractivity contribution in [2.45, 2.75) is 20.4 Å². The summed E-state index contributed by atoms with van der Waals surface area (Å²) < 4.78 is 7.20. The number of nitrogens with zero attached hydrogens (tertiary/aromatic N) is 2. The third kappa shape index (κ3) is 2.42. The maximum Gasteiger partial charge on any atom is 0.201 e. The van der Waals surface area contributed by atoms with Gasteiger partial charge in [0.25, 0.3) is 0 Å². The second-order valence-electron chi connectivity index (χ2n) is 4.63. The molecule has 0 amide bonds. The molecule has 1 unspecified atom stereocenters. The van der Waals surface area contributed by atoms with Gasteiger partial charge in [0.2, 0.25) is 5.95 Å². The number of ether oxygens (including phenoxy) is 1. The van der Waals surface area contributed by atoms with Crippen LogP contribution in [0.3, 0.4) is 0 Å². The molecule has 0 bridgehead atoms. The summed E-state index contributed by atoms with van der Waals surface area (Å²) in [5.41, 5.74) is 9.22. The van der Waals surface area contributed by atoms with Crippen molar-refractivity contribution in [1.82, 2.24) is 9.55 Å². The number of nitrogens with two attached hydrogens (primary N) is 1. The summed E-state index contributed by atoms with van der Waals surface area (Å²) in [4.78, 5) is 4.39. The first-order valence-corrected chi connectivity index (χ1v) is 5.83. The maximum atomic E-state index is 5.96. The molecule has 0 spiro atoms. The fraction of sp³-hybridized carbons (Fsp3) is 0.462. The first-order valence-electron chi connectivity index (χ1n) is 5.83. The standard InChI is InChI=1S/C13H19N3O/c1-9-4-5-12-11(6-9)15-13(14)16(12)7-10(2)8-17-3/h4-6,10H,7-8H2,1-3H3,(H2,14,15). The van der Waals surface area contributed by atoms with Gasteiger partial charge < -0.3 is 15.0 Å². The van der Waals surface area contributed by atoms with Gasteiger partial charge in [-0.3, -0.25) is 0 Å². The number of methoxy groups -OCH3 is 1. The van der Waals surface area contributed by atoms with Crippen LogP contribution in [0.4, 0.5) is 5.95 Å². The highest BCUT2D eigenvalue weighted by atomic mass is 16.5. The zero-order valence-electron chi connectivity index (χ0n) is 10.6. The van der Waals surface area contributed by atoms with E-state index in [1.807, 2.05) is 0 Å². The lowest BCUT2D eigenvalue weighted by molar-refractivity contribution is 0.152. The van der Waals surface area contributed by atoms with Crippen LogP contribution >= 0.6 is 0 Å². The Morgan fingerprint density at radius 3 is 2.94 bits per heavy atom. The molecule has 1 atom stereocenters. The van der Waals surface area contributed by atoms with Gasteiger partial charge in [0.1, 0.15) is 0 Å². The summed E-state index contributed by atoms with van der Waals surface area (Å²) in [6, 6.07) is 6.22. The van der Waals surface area contributed by atoms with Crippen LogP contribution in [0.15, 0.2) is 18.2 Å². The van der Waals surface area contributed by atoms with E-state index in [2.05, 4.69) is 41.6 Å². The molecule has 2 N–H and O–H groups in total. The van der Waals surface area contributed by atoms with E-state index in [-0.39, 0.29) is 0 Å². The summed E-state index contributed by atoms with van der Waals surface area (Å²) >= 11 is 0. The van der Waals surface area contributed by atoms with Gasteiger partial charge >= 0.3 is 0 Å². The zero-order valence-corrected chi connectivity index (χ0v) is 10.6. The van der Waals surface area contributed by atoms with Crippen LogP contribution in [-0.2, 0) is 11.3 Å². The van der Waals surface area contributed by atoms with Crippen LogP contribution in [0, 0.1) is 12.8 Å². The van der Waals surface area contributed by atoms with Crippen LogP contribution in [-0.4, -0.2) is 23.3 Å². The van der Waals surface area contributed by atoms with E-state index in [1.165, 1.54) is 5.56 Å². The number of benzene rings is 1. The predicted octanol–water partition coefficient (Wildman–Crippen LogP) is 2.21. The Hall–Kier alpha value is -1.55. The van der Waals surface area contributed by atoms with Crippen LogP contribution in [0.1, 0.15) is 12.5 Å². The summed E-state index contributed by atoms with van der Waals surface area (Å²) in [5, 5.41) is 0. The summed E-state index contributed by atoms with van der Waals surface area (Å²) in [6.07, 6.45) is 0. The third-order valence-corrected chi connectivity index (χ3v) is 2.88. The van der Waals surface area contributed by atoms with Crippen LogP contribution < -0.4 is 5.73 Å². The molecular weight excluding hydrogens is 214 g/mol. The molecule has 92 valence electrons. The minimum absolute atomic E-state index is 0.418. The molecule has 0 aliphatic heterocycles. The van der Waals surface area contributed by atoms with Crippen molar-refractivity contribution < 1.29 is 4.74 Å². The van der Waals surface area contributed by atoms with E-state index in [0.717, 1.165) is 24.2 Å². The smallest absolute Gasteiger partial charge is 0.201 e. The fourth-order valence-corrected chi connectivity index (χ4v) is 2.10. The van der Waals surface area contributed by atoms with E-state index in [4.69, 9.17) is 10.5 Å². The number of anilines is 1. The zero-order chi connectivity index (χ0) is 12.4. The van der Waals surface area contributed by atoms with Crippen molar-refractivity contribution in [3.63, 3.8) is 0 Å². The molecule has 2 rings (SSSR count). The number of imidazole rings is 1. The highest BCUT2D eigenvalue weighted by Gasteiger charge is 2.11. The van der Waals surface area contributed by atoms with Crippen molar-refractivity contribution in [2.24, 2.45) is 5.92 Å². The molecule has 0 saturated carbocycles. The van der Waals surface area contributed by atoms with Crippen LogP contribution in [0.25, 0.3) is 11.0 Å². The minimum atomic E-state index is 0.418. The number of hydrogen-bond acceptors (Lipinski definition) is 3. The Morgan fingerprint density at radius 2 is 2.24 bits per heavy atom. The lowest BCUT2D eigenvalue weighted by Crippen LogP contribution is -2.14. The molecule has 2 aromatic rings. The van der Waals surface area contributed by atoms with E-state index in [9.17, 15) is 0 Å². The second-order valence-corrected chi connectivity index (χ2v) is 4.63. The number of hydrogen-bond donors (Lipinski definition) is 1. The van der Waals surface area contributed by atoms with Gasteiger partial charge in [-0.25, -0.2) is 4.98 Å². The molecule has 4 heteroatoms. The van der Waals surface area contributed by atoms with Crippen molar-refractivity contribution in [3.05, 3.63) is 23.8 Å². The Labute approximate surface area is 101 Å². The highest BCUT2D eigenvalue weighted by molar-refractivity contribution is 5.79. The predicted molar refractivity (Wildman–Crippen MR) is 69.9 cm³/mol. The molecule has 1 aromatic carbocycles. The van der Waals surface area contributed by atoms with E-state index < -0.39 is 0 Å². The van der Waals surface area contributed by atoms with Crippen molar-refractivity contribution >= 4 is 17.0 Å². The van der Waals surface area contributed by atoms with Crippen molar-refractivity contribution in [1.29, 1.82) is 0 Å². The number of aromatic nitrogens is 2. The molecule has 0 radical (unpaired) electrons. The molecule has 0 fully saturated rings. The monoisotopic (exact) mass is 233 g/mol. The molecule has 0 aliphatic rings. The van der Waals surface area contributed by atoms with E-state index >= 15 is 0 Å². The van der Waals surface area contributed by atoms with Crippen LogP contribution in [0.5, 0.6) is 0 Å². The minimum Gasteiger partial charge on any atom is -0.384 e. The SMILES string of the molecule is COCC(C)Cn1c(N)nc2cc(C)ccc21. The summed E-state index contributed by atoms with van der Waals surface area (Å²) in [6.45, 7) is 5.76. The second kappa shape index (κ2) is 4.75. The first-order chi connectivity index (χ1) is 8.11. The third-order valence-electron chi connectivity index (χ3n) is 2.88. The Balaban J connectivity index is 2.36. The topological polar surface area (TPSA) is 53.1 Å². The maximum absolute atomic E-state index is 5.96. The molecule has 4 nitrogen and oxygen atoms in total.